The van der Waals surface area contributed by atoms with Crippen molar-refractivity contribution in [3.05, 3.63) is 35.4 Å². The minimum absolute atomic E-state index is 0.168. The topological polar surface area (TPSA) is 78.9 Å². The maximum absolute atomic E-state index is 11.8. The Bertz CT molecular complexity index is 472. The summed E-state index contributed by atoms with van der Waals surface area (Å²) in [6.45, 7) is 0.503. The zero-order valence-electron chi connectivity index (χ0n) is 9.57. The first kappa shape index (κ1) is 11.6. The summed E-state index contributed by atoms with van der Waals surface area (Å²) >= 11 is 0. The molecule has 1 aliphatic rings. The number of benzene rings is 1. The maximum atomic E-state index is 11.8. The van der Waals surface area contributed by atoms with E-state index in [1.165, 1.54) is 0 Å². The molecule has 4 nitrogen and oxygen atoms in total. The molecule has 88 valence electrons. The van der Waals surface area contributed by atoms with Crippen LogP contribution in [-0.4, -0.2) is 18.0 Å². The number of nitrogens with two attached hydrogens (primary N) is 1. The van der Waals surface area contributed by atoms with Crippen LogP contribution in [0.15, 0.2) is 24.3 Å². The Morgan fingerprint density at radius 1 is 1.53 bits per heavy atom. The second-order valence-corrected chi connectivity index (χ2v) is 4.59. The molecule has 2 rings (SSSR count). The van der Waals surface area contributed by atoms with Crippen LogP contribution in [0.3, 0.4) is 0 Å². The Kier molecular flexibility index (Phi) is 3.12. The Morgan fingerprint density at radius 3 is 2.88 bits per heavy atom. The van der Waals surface area contributed by atoms with E-state index in [4.69, 9.17) is 11.0 Å². The standard InChI is InChI=1S/C13H15N3O/c14-8-10-3-1-4-11(7-10)12(17)16-9-13(15)5-2-6-13/h1,3-4,7H,2,5-6,9,15H2,(H,16,17). The lowest BCUT2D eigenvalue weighted by molar-refractivity contribution is 0.0930. The number of rotatable bonds is 3. The summed E-state index contributed by atoms with van der Waals surface area (Å²) < 4.78 is 0. The van der Waals surface area contributed by atoms with E-state index in [9.17, 15) is 4.79 Å². The fraction of sp³-hybridized carbons (Fsp3) is 0.385. The highest BCUT2D eigenvalue weighted by atomic mass is 16.1. The Balaban J connectivity index is 1.97. The van der Waals surface area contributed by atoms with Crippen LogP contribution < -0.4 is 11.1 Å². The number of carbonyl (C=O) groups excluding carboxylic acids is 1. The average molecular weight is 229 g/mol. The highest BCUT2D eigenvalue weighted by Gasteiger charge is 2.32. The number of nitrogens with one attached hydrogen (secondary N) is 1. The molecular weight excluding hydrogens is 214 g/mol. The molecule has 1 aromatic rings. The summed E-state index contributed by atoms with van der Waals surface area (Å²) in [4.78, 5) is 11.8. The fourth-order valence-corrected chi connectivity index (χ4v) is 1.90. The number of nitrogens with zero attached hydrogens (tertiary/aromatic N) is 1. The first-order valence-corrected chi connectivity index (χ1v) is 5.70. The number of nitriles is 1. The van der Waals surface area contributed by atoms with Gasteiger partial charge in [-0.25, -0.2) is 0 Å². The molecule has 0 saturated heterocycles. The zero-order chi connectivity index (χ0) is 12.3. The van der Waals surface area contributed by atoms with Crippen molar-refractivity contribution in [1.82, 2.24) is 5.32 Å². The van der Waals surface area contributed by atoms with Crippen molar-refractivity contribution in [2.24, 2.45) is 5.73 Å². The molecule has 1 fully saturated rings. The van der Waals surface area contributed by atoms with Crippen LogP contribution in [0.25, 0.3) is 0 Å². The first-order valence-electron chi connectivity index (χ1n) is 5.70. The van der Waals surface area contributed by atoms with E-state index < -0.39 is 0 Å². The Labute approximate surface area is 100 Å². The first-order chi connectivity index (χ1) is 8.13. The van der Waals surface area contributed by atoms with Gasteiger partial charge in [-0.1, -0.05) is 6.07 Å². The molecule has 0 bridgehead atoms. The molecule has 1 aliphatic carbocycles. The highest BCUT2D eigenvalue weighted by molar-refractivity contribution is 5.94. The summed E-state index contributed by atoms with van der Waals surface area (Å²) in [5, 5.41) is 11.6. The third-order valence-electron chi connectivity index (χ3n) is 3.20. The summed E-state index contributed by atoms with van der Waals surface area (Å²) in [7, 11) is 0. The molecule has 1 amide bonds. The van der Waals surface area contributed by atoms with E-state index in [1.807, 2.05) is 6.07 Å². The van der Waals surface area contributed by atoms with Gasteiger partial charge in [-0.3, -0.25) is 4.79 Å². The summed E-state index contributed by atoms with van der Waals surface area (Å²) in [5.41, 5.74) is 6.79. The van der Waals surface area contributed by atoms with Crippen molar-refractivity contribution in [2.75, 3.05) is 6.54 Å². The Morgan fingerprint density at radius 2 is 2.29 bits per heavy atom. The molecule has 0 atom stereocenters. The molecule has 3 N–H and O–H groups in total. The number of carbonyl (C=O) groups is 1. The van der Waals surface area contributed by atoms with Crippen molar-refractivity contribution >= 4 is 5.91 Å². The van der Waals surface area contributed by atoms with E-state index in [0.717, 1.165) is 19.3 Å². The Hall–Kier alpha value is -1.86. The number of hydrogen-bond donors (Lipinski definition) is 2. The van der Waals surface area contributed by atoms with Crippen LogP contribution in [0.4, 0.5) is 0 Å². The lowest BCUT2D eigenvalue weighted by Gasteiger charge is -2.38. The molecule has 0 aliphatic heterocycles. The molecule has 1 aromatic carbocycles. The molecule has 0 heterocycles. The van der Waals surface area contributed by atoms with Gasteiger partial charge in [-0.2, -0.15) is 5.26 Å². The van der Waals surface area contributed by atoms with Gasteiger partial charge in [0, 0.05) is 17.6 Å². The van der Waals surface area contributed by atoms with E-state index in [2.05, 4.69) is 5.32 Å². The predicted molar refractivity (Wildman–Crippen MR) is 64.3 cm³/mol. The van der Waals surface area contributed by atoms with Gasteiger partial charge in [0.2, 0.25) is 0 Å². The molecule has 4 heteroatoms. The van der Waals surface area contributed by atoms with Crippen molar-refractivity contribution in [2.45, 2.75) is 24.8 Å². The van der Waals surface area contributed by atoms with Gasteiger partial charge in [0.05, 0.1) is 11.6 Å². The van der Waals surface area contributed by atoms with E-state index >= 15 is 0 Å². The van der Waals surface area contributed by atoms with Crippen LogP contribution in [0, 0.1) is 11.3 Å². The molecule has 0 radical (unpaired) electrons. The fourth-order valence-electron chi connectivity index (χ4n) is 1.90. The van der Waals surface area contributed by atoms with Crippen molar-refractivity contribution in [3.8, 4) is 6.07 Å². The van der Waals surface area contributed by atoms with E-state index in [-0.39, 0.29) is 11.4 Å². The van der Waals surface area contributed by atoms with Crippen LogP contribution in [0.1, 0.15) is 35.2 Å². The second-order valence-electron chi connectivity index (χ2n) is 4.59. The van der Waals surface area contributed by atoms with Crippen molar-refractivity contribution in [3.63, 3.8) is 0 Å². The number of hydrogen-bond acceptors (Lipinski definition) is 3. The van der Waals surface area contributed by atoms with Crippen molar-refractivity contribution < 1.29 is 4.79 Å². The zero-order valence-corrected chi connectivity index (χ0v) is 9.57. The molecule has 0 spiro atoms. The van der Waals surface area contributed by atoms with Gasteiger partial charge >= 0.3 is 0 Å². The molecule has 1 saturated carbocycles. The maximum Gasteiger partial charge on any atom is 0.251 e. The van der Waals surface area contributed by atoms with Gasteiger partial charge in [0.1, 0.15) is 0 Å². The summed E-state index contributed by atoms with van der Waals surface area (Å²) in [6, 6.07) is 8.67. The second kappa shape index (κ2) is 4.56. The molecule has 17 heavy (non-hydrogen) atoms. The lowest BCUT2D eigenvalue weighted by atomic mass is 9.78. The van der Waals surface area contributed by atoms with E-state index in [0.29, 0.717) is 17.7 Å². The molecule has 0 aromatic heterocycles. The smallest absolute Gasteiger partial charge is 0.251 e. The summed E-state index contributed by atoms with van der Waals surface area (Å²) in [6.07, 6.45) is 3.06. The van der Waals surface area contributed by atoms with Crippen LogP contribution in [0.2, 0.25) is 0 Å². The lowest BCUT2D eigenvalue weighted by Crippen LogP contribution is -2.54. The molecule has 0 unspecified atom stereocenters. The minimum Gasteiger partial charge on any atom is -0.350 e. The van der Waals surface area contributed by atoms with Crippen LogP contribution in [-0.2, 0) is 0 Å². The van der Waals surface area contributed by atoms with Gasteiger partial charge in [0.25, 0.3) is 5.91 Å². The quantitative estimate of drug-likeness (QED) is 0.816. The molecular formula is C13H15N3O. The third-order valence-corrected chi connectivity index (χ3v) is 3.20. The van der Waals surface area contributed by atoms with Crippen LogP contribution in [0.5, 0.6) is 0 Å². The van der Waals surface area contributed by atoms with Crippen LogP contribution >= 0.6 is 0 Å². The normalized spacial score (nSPS) is 16.7. The monoisotopic (exact) mass is 229 g/mol. The predicted octanol–water partition coefficient (Wildman–Crippen LogP) is 1.17. The van der Waals surface area contributed by atoms with Gasteiger partial charge < -0.3 is 11.1 Å². The van der Waals surface area contributed by atoms with Crippen molar-refractivity contribution in [1.29, 1.82) is 5.26 Å². The SMILES string of the molecule is N#Cc1cccc(C(=O)NCC2(N)CCC2)c1. The third kappa shape index (κ3) is 2.63. The van der Waals surface area contributed by atoms with E-state index in [1.54, 1.807) is 24.3 Å². The van der Waals surface area contributed by atoms with Gasteiger partial charge in [-0.15, -0.1) is 0 Å². The van der Waals surface area contributed by atoms with Gasteiger partial charge in [-0.05, 0) is 37.5 Å². The van der Waals surface area contributed by atoms with Gasteiger partial charge in [0.15, 0.2) is 0 Å². The minimum atomic E-state index is -0.220. The number of amides is 1. The summed E-state index contributed by atoms with van der Waals surface area (Å²) in [5.74, 6) is -0.168. The largest absolute Gasteiger partial charge is 0.350 e. The average Bonchev–Trinajstić information content (AvgIpc) is 2.33. The highest BCUT2D eigenvalue weighted by Crippen LogP contribution is 2.28.